The van der Waals surface area contributed by atoms with Crippen LogP contribution in [-0.2, 0) is 6.42 Å². The third-order valence-electron chi connectivity index (χ3n) is 2.71. The van der Waals surface area contributed by atoms with Crippen molar-refractivity contribution in [1.82, 2.24) is 0 Å². The van der Waals surface area contributed by atoms with Crippen molar-refractivity contribution in [2.24, 2.45) is 0 Å². The van der Waals surface area contributed by atoms with Crippen LogP contribution in [0.1, 0.15) is 34.3 Å². The van der Waals surface area contributed by atoms with Gasteiger partial charge in [0.05, 0.1) is 7.11 Å². The fourth-order valence-electron chi connectivity index (χ4n) is 2.00. The zero-order valence-electron chi connectivity index (χ0n) is 8.54. The van der Waals surface area contributed by atoms with Crippen molar-refractivity contribution >= 4 is 5.78 Å². The molecule has 1 aliphatic carbocycles. The van der Waals surface area contributed by atoms with E-state index >= 15 is 0 Å². The maximum absolute atomic E-state index is 11.7. The highest BCUT2D eigenvalue weighted by atomic mass is 16.5. The topological polar surface area (TPSA) is 50.1 Å². The molecule has 0 spiro atoms. The summed E-state index contributed by atoms with van der Waals surface area (Å²) in [7, 11) is 1.51. The number of nitriles is 1. The van der Waals surface area contributed by atoms with Crippen molar-refractivity contribution in [1.29, 1.82) is 5.26 Å². The Morgan fingerprint density at radius 3 is 2.87 bits per heavy atom. The number of nitrogens with zero attached hydrogens (tertiary/aromatic N) is 1. The molecule has 0 aromatic heterocycles. The molecule has 2 rings (SSSR count). The average Bonchev–Trinajstić information content (AvgIpc) is 2.28. The van der Waals surface area contributed by atoms with E-state index in [-0.39, 0.29) is 5.78 Å². The maximum atomic E-state index is 11.7. The van der Waals surface area contributed by atoms with Crippen molar-refractivity contribution in [2.45, 2.75) is 19.3 Å². The number of ether oxygens (including phenoxy) is 1. The zero-order valence-corrected chi connectivity index (χ0v) is 8.54. The molecule has 0 aliphatic heterocycles. The molecule has 0 atom stereocenters. The number of hydrogen-bond donors (Lipinski definition) is 0. The molecule has 1 aromatic rings. The van der Waals surface area contributed by atoms with Gasteiger partial charge in [0.2, 0.25) is 0 Å². The molecule has 0 bridgehead atoms. The van der Waals surface area contributed by atoms with Gasteiger partial charge in [0.15, 0.2) is 5.78 Å². The summed E-state index contributed by atoms with van der Waals surface area (Å²) in [6, 6.07) is 5.70. The number of methoxy groups -OCH3 is 1. The summed E-state index contributed by atoms with van der Waals surface area (Å²) in [4.78, 5) is 11.7. The standard InChI is InChI=1S/C12H11NO2/c1-15-11-6-5-8-3-2-4-10(14)12(8)9(11)7-13/h5-6H,2-4H2,1H3. The van der Waals surface area contributed by atoms with Gasteiger partial charge < -0.3 is 4.74 Å². The lowest BCUT2D eigenvalue weighted by Crippen LogP contribution is -2.13. The quantitative estimate of drug-likeness (QED) is 0.699. The second kappa shape index (κ2) is 3.74. The molecule has 0 heterocycles. The van der Waals surface area contributed by atoms with Gasteiger partial charge in [-0.15, -0.1) is 0 Å². The van der Waals surface area contributed by atoms with Crippen LogP contribution in [0.25, 0.3) is 0 Å². The zero-order chi connectivity index (χ0) is 10.8. The highest BCUT2D eigenvalue weighted by Gasteiger charge is 2.23. The molecule has 0 radical (unpaired) electrons. The number of fused-ring (bicyclic) bond motifs is 1. The SMILES string of the molecule is COc1ccc2c(c1C#N)C(=O)CCC2. The van der Waals surface area contributed by atoms with Crippen LogP contribution < -0.4 is 4.74 Å². The van der Waals surface area contributed by atoms with E-state index in [0.29, 0.717) is 23.3 Å². The molecule has 3 heteroatoms. The Bertz CT molecular complexity index is 457. The van der Waals surface area contributed by atoms with Crippen LogP contribution in [0.3, 0.4) is 0 Å². The minimum Gasteiger partial charge on any atom is -0.495 e. The molecular formula is C12H11NO2. The first-order valence-corrected chi connectivity index (χ1v) is 4.91. The van der Waals surface area contributed by atoms with E-state index in [0.717, 1.165) is 18.4 Å². The third-order valence-corrected chi connectivity index (χ3v) is 2.71. The monoisotopic (exact) mass is 201 g/mol. The summed E-state index contributed by atoms with van der Waals surface area (Å²) in [5, 5.41) is 9.04. The Labute approximate surface area is 88.3 Å². The Hall–Kier alpha value is -1.82. The van der Waals surface area contributed by atoms with E-state index in [1.807, 2.05) is 6.07 Å². The molecule has 76 valence electrons. The van der Waals surface area contributed by atoms with E-state index < -0.39 is 0 Å². The lowest BCUT2D eigenvalue weighted by molar-refractivity contribution is 0.0972. The second-order valence-corrected chi connectivity index (χ2v) is 3.57. The molecule has 0 saturated heterocycles. The van der Waals surface area contributed by atoms with Crippen LogP contribution in [-0.4, -0.2) is 12.9 Å². The number of carbonyl (C=O) groups is 1. The van der Waals surface area contributed by atoms with Gasteiger partial charge in [-0.2, -0.15) is 5.26 Å². The molecule has 0 saturated carbocycles. The van der Waals surface area contributed by atoms with E-state index in [4.69, 9.17) is 10.00 Å². The summed E-state index contributed by atoms with van der Waals surface area (Å²) < 4.78 is 5.08. The van der Waals surface area contributed by atoms with Gasteiger partial charge in [-0.3, -0.25) is 4.79 Å². The highest BCUT2D eigenvalue weighted by Crippen LogP contribution is 2.30. The minimum atomic E-state index is 0.0618. The van der Waals surface area contributed by atoms with Gasteiger partial charge in [-0.25, -0.2) is 0 Å². The number of Topliss-reactive ketones (excluding diaryl/α,β-unsaturated/α-hetero) is 1. The van der Waals surface area contributed by atoms with Crippen molar-refractivity contribution in [3.8, 4) is 11.8 Å². The maximum Gasteiger partial charge on any atom is 0.164 e. The molecule has 0 N–H and O–H groups in total. The third kappa shape index (κ3) is 1.48. The molecular weight excluding hydrogens is 190 g/mol. The number of rotatable bonds is 1. The molecule has 3 nitrogen and oxygen atoms in total. The Morgan fingerprint density at radius 1 is 1.40 bits per heavy atom. The van der Waals surface area contributed by atoms with Crippen molar-refractivity contribution in [2.75, 3.05) is 7.11 Å². The van der Waals surface area contributed by atoms with Gasteiger partial charge in [0.1, 0.15) is 17.4 Å². The Morgan fingerprint density at radius 2 is 2.20 bits per heavy atom. The fourth-order valence-corrected chi connectivity index (χ4v) is 2.00. The smallest absolute Gasteiger partial charge is 0.164 e. The number of carbonyl (C=O) groups excluding carboxylic acids is 1. The van der Waals surface area contributed by atoms with Crippen LogP contribution in [0, 0.1) is 11.3 Å². The number of benzene rings is 1. The average molecular weight is 201 g/mol. The number of ketones is 1. The van der Waals surface area contributed by atoms with Crippen LogP contribution in [0.2, 0.25) is 0 Å². The normalized spacial score (nSPS) is 14.3. The lowest BCUT2D eigenvalue weighted by Gasteiger charge is -2.17. The van der Waals surface area contributed by atoms with E-state index in [1.54, 1.807) is 6.07 Å². The minimum absolute atomic E-state index is 0.0618. The van der Waals surface area contributed by atoms with Gasteiger partial charge in [0, 0.05) is 12.0 Å². The molecule has 1 aromatic carbocycles. The second-order valence-electron chi connectivity index (χ2n) is 3.57. The Balaban J connectivity index is 2.68. The predicted molar refractivity (Wildman–Crippen MR) is 55.0 cm³/mol. The highest BCUT2D eigenvalue weighted by molar-refractivity contribution is 6.01. The summed E-state index contributed by atoms with van der Waals surface area (Å²) in [6.45, 7) is 0. The van der Waals surface area contributed by atoms with E-state index in [2.05, 4.69) is 6.07 Å². The summed E-state index contributed by atoms with van der Waals surface area (Å²) in [5.41, 5.74) is 1.94. The first kappa shape index (κ1) is 9.72. The number of hydrogen-bond acceptors (Lipinski definition) is 3. The van der Waals surface area contributed by atoms with Crippen LogP contribution in [0.4, 0.5) is 0 Å². The first-order chi connectivity index (χ1) is 7.27. The summed E-state index contributed by atoms with van der Waals surface area (Å²) >= 11 is 0. The fraction of sp³-hybridized carbons (Fsp3) is 0.333. The van der Waals surface area contributed by atoms with Gasteiger partial charge in [0.25, 0.3) is 0 Å². The van der Waals surface area contributed by atoms with Gasteiger partial charge >= 0.3 is 0 Å². The lowest BCUT2D eigenvalue weighted by atomic mass is 9.87. The predicted octanol–water partition coefficient (Wildman–Crippen LogP) is 2.09. The van der Waals surface area contributed by atoms with Crippen LogP contribution >= 0.6 is 0 Å². The van der Waals surface area contributed by atoms with Crippen molar-refractivity contribution in [3.63, 3.8) is 0 Å². The molecule has 15 heavy (non-hydrogen) atoms. The van der Waals surface area contributed by atoms with Crippen molar-refractivity contribution < 1.29 is 9.53 Å². The Kier molecular flexibility index (Phi) is 2.42. The largest absolute Gasteiger partial charge is 0.495 e. The van der Waals surface area contributed by atoms with Crippen LogP contribution in [0.15, 0.2) is 12.1 Å². The van der Waals surface area contributed by atoms with E-state index in [1.165, 1.54) is 7.11 Å². The van der Waals surface area contributed by atoms with E-state index in [9.17, 15) is 4.79 Å². The van der Waals surface area contributed by atoms with Crippen LogP contribution in [0.5, 0.6) is 5.75 Å². The summed E-state index contributed by atoms with van der Waals surface area (Å²) in [6.07, 6.45) is 2.29. The molecule has 0 amide bonds. The van der Waals surface area contributed by atoms with Gasteiger partial charge in [-0.05, 0) is 24.5 Å². The molecule has 0 fully saturated rings. The summed E-state index contributed by atoms with van der Waals surface area (Å²) in [5.74, 6) is 0.554. The first-order valence-electron chi connectivity index (χ1n) is 4.91. The van der Waals surface area contributed by atoms with Gasteiger partial charge in [-0.1, -0.05) is 6.07 Å². The number of aryl methyl sites for hydroxylation is 1. The van der Waals surface area contributed by atoms with Crippen molar-refractivity contribution in [3.05, 3.63) is 28.8 Å². The molecule has 0 unspecified atom stereocenters. The molecule has 1 aliphatic rings.